The largest absolute Gasteiger partial charge is 0.508 e. The molecule has 2 heterocycles. The highest BCUT2D eigenvalue weighted by molar-refractivity contribution is 5.92. The molecular formula is C26H30FN3O3. The van der Waals surface area contributed by atoms with E-state index in [1.165, 1.54) is 6.20 Å². The van der Waals surface area contributed by atoms with Gasteiger partial charge in [0.1, 0.15) is 30.0 Å². The minimum atomic E-state index is -0.386. The summed E-state index contributed by atoms with van der Waals surface area (Å²) in [5.74, 6) is 1.83. The van der Waals surface area contributed by atoms with Gasteiger partial charge in [0.25, 0.3) is 0 Å². The molecular weight excluding hydrogens is 421 g/mol. The minimum absolute atomic E-state index is 0.178. The highest BCUT2D eigenvalue weighted by Crippen LogP contribution is 2.45. The molecule has 0 spiro atoms. The van der Waals surface area contributed by atoms with Crippen LogP contribution >= 0.6 is 0 Å². The second-order valence-electron chi connectivity index (χ2n) is 8.42. The zero-order valence-corrected chi connectivity index (χ0v) is 19.0. The fourth-order valence-electron chi connectivity index (χ4n) is 4.37. The Hall–Kier alpha value is -3.32. The van der Waals surface area contributed by atoms with E-state index >= 15 is 0 Å². The molecule has 2 aromatic rings. The van der Waals surface area contributed by atoms with Crippen LogP contribution in [0.5, 0.6) is 17.2 Å². The van der Waals surface area contributed by atoms with E-state index < -0.39 is 0 Å². The molecule has 4 rings (SSSR count). The lowest BCUT2D eigenvalue weighted by atomic mass is 9.86. The van der Waals surface area contributed by atoms with Crippen molar-refractivity contribution in [2.45, 2.75) is 13.0 Å². The van der Waals surface area contributed by atoms with Gasteiger partial charge in [0, 0.05) is 61.7 Å². The molecule has 2 aliphatic heterocycles. The number of aromatic hydroxyl groups is 1. The van der Waals surface area contributed by atoms with Gasteiger partial charge in [-0.05, 0) is 48.4 Å². The maximum Gasteiger partial charge on any atom is 0.150 e. The maximum absolute atomic E-state index is 12.6. The van der Waals surface area contributed by atoms with Gasteiger partial charge in [-0.15, -0.1) is 0 Å². The summed E-state index contributed by atoms with van der Waals surface area (Å²) < 4.78 is 24.8. The van der Waals surface area contributed by atoms with E-state index in [0.29, 0.717) is 12.4 Å². The summed E-state index contributed by atoms with van der Waals surface area (Å²) in [6.45, 7) is 4.73. The van der Waals surface area contributed by atoms with Crippen molar-refractivity contribution < 1.29 is 19.0 Å². The van der Waals surface area contributed by atoms with Crippen molar-refractivity contribution in [3.63, 3.8) is 0 Å². The second-order valence-corrected chi connectivity index (χ2v) is 8.42. The Morgan fingerprint density at radius 1 is 1.27 bits per heavy atom. The van der Waals surface area contributed by atoms with Crippen LogP contribution < -0.4 is 15.2 Å². The first-order valence-electron chi connectivity index (χ1n) is 11.1. The molecule has 3 N–H and O–H groups in total. The van der Waals surface area contributed by atoms with E-state index in [-0.39, 0.29) is 24.4 Å². The Morgan fingerprint density at radius 3 is 2.70 bits per heavy atom. The number of phenols is 1. The van der Waals surface area contributed by atoms with Crippen LogP contribution in [0.25, 0.3) is 5.57 Å². The van der Waals surface area contributed by atoms with E-state index in [9.17, 15) is 9.50 Å². The summed E-state index contributed by atoms with van der Waals surface area (Å²) in [7, 11) is 1.70. The second kappa shape index (κ2) is 10.1. The van der Waals surface area contributed by atoms with E-state index in [2.05, 4.69) is 9.89 Å². The van der Waals surface area contributed by atoms with Crippen molar-refractivity contribution in [3.05, 3.63) is 70.9 Å². The van der Waals surface area contributed by atoms with Crippen LogP contribution in [-0.4, -0.2) is 56.2 Å². The number of likely N-dealkylation sites (tertiary alicyclic amines) is 1. The van der Waals surface area contributed by atoms with Crippen LogP contribution in [0.4, 0.5) is 4.39 Å². The van der Waals surface area contributed by atoms with E-state index in [1.54, 1.807) is 31.5 Å². The summed E-state index contributed by atoms with van der Waals surface area (Å²) in [6.07, 6.45) is 2.85. The van der Waals surface area contributed by atoms with Crippen molar-refractivity contribution in [1.82, 2.24) is 4.90 Å². The lowest BCUT2D eigenvalue weighted by molar-refractivity contribution is 0.0668. The van der Waals surface area contributed by atoms with Crippen LogP contribution in [0, 0.1) is 5.92 Å². The van der Waals surface area contributed by atoms with Gasteiger partial charge in [-0.3, -0.25) is 14.3 Å². The zero-order valence-electron chi connectivity index (χ0n) is 19.0. The first-order valence-corrected chi connectivity index (χ1v) is 11.1. The van der Waals surface area contributed by atoms with Crippen molar-refractivity contribution in [2.75, 3.05) is 40.0 Å². The van der Waals surface area contributed by atoms with E-state index in [0.717, 1.165) is 53.2 Å². The number of halogens is 1. The standard InChI is InChI=1S/C26H30FN3O3/c1-17-23-11-21(31)5-8-24(23)33-26(25(17)20(13-28)14-29-2)19-3-6-22(7-4-19)32-10-9-30-15-18(12-27)16-30/h3-8,11,13-14,18,26,31H,9-10,12,15-16,28H2,1-2H3. The predicted molar refractivity (Wildman–Crippen MR) is 129 cm³/mol. The van der Waals surface area contributed by atoms with Gasteiger partial charge in [0.05, 0.1) is 6.67 Å². The third-order valence-corrected chi connectivity index (χ3v) is 6.15. The number of fused-ring (bicyclic) bond motifs is 1. The van der Waals surface area contributed by atoms with Crippen molar-refractivity contribution in [2.24, 2.45) is 16.6 Å². The van der Waals surface area contributed by atoms with Crippen LogP contribution in [-0.2, 0) is 0 Å². The van der Waals surface area contributed by atoms with Gasteiger partial charge in [-0.25, -0.2) is 0 Å². The number of hydrogen-bond donors (Lipinski definition) is 2. The number of ether oxygens (including phenoxy) is 2. The first kappa shape index (κ1) is 22.9. The molecule has 0 aromatic heterocycles. The lowest BCUT2D eigenvalue weighted by Crippen LogP contribution is -2.49. The third-order valence-electron chi connectivity index (χ3n) is 6.15. The predicted octanol–water partition coefficient (Wildman–Crippen LogP) is 4.12. The summed E-state index contributed by atoms with van der Waals surface area (Å²) in [6, 6.07) is 12.9. The molecule has 7 heteroatoms. The molecule has 1 unspecified atom stereocenters. The number of nitrogens with zero attached hydrogens (tertiary/aromatic N) is 2. The Labute approximate surface area is 193 Å². The smallest absolute Gasteiger partial charge is 0.150 e. The van der Waals surface area contributed by atoms with Crippen molar-refractivity contribution in [3.8, 4) is 17.2 Å². The number of hydrogen-bond acceptors (Lipinski definition) is 6. The number of nitrogens with two attached hydrogens (primary N) is 1. The summed E-state index contributed by atoms with van der Waals surface area (Å²) in [5.41, 5.74) is 10.3. The van der Waals surface area contributed by atoms with Gasteiger partial charge in [0.15, 0.2) is 0 Å². The molecule has 0 saturated carbocycles. The number of phenolic OH excluding ortho intramolecular Hbond substituents is 1. The Balaban J connectivity index is 1.54. The van der Waals surface area contributed by atoms with Gasteiger partial charge in [-0.2, -0.15) is 0 Å². The van der Waals surface area contributed by atoms with Crippen LogP contribution in [0.1, 0.15) is 24.2 Å². The Kier molecular flexibility index (Phi) is 6.99. The molecule has 174 valence electrons. The Bertz CT molecular complexity index is 1070. The summed E-state index contributed by atoms with van der Waals surface area (Å²) in [4.78, 5) is 6.34. The molecule has 2 aromatic carbocycles. The van der Waals surface area contributed by atoms with Gasteiger partial charge < -0.3 is 20.3 Å². The SMILES string of the molecule is CN=CC(=CN)C1=C(C)c2cc(O)ccc2OC1c1ccc(OCCN2CC(CF)C2)cc1. The number of aliphatic imine (C=N–C) groups is 1. The molecule has 2 aliphatic rings. The van der Waals surface area contributed by atoms with Gasteiger partial charge in [0.2, 0.25) is 0 Å². The molecule has 1 atom stereocenters. The number of rotatable bonds is 8. The highest BCUT2D eigenvalue weighted by atomic mass is 19.1. The molecule has 33 heavy (non-hydrogen) atoms. The quantitative estimate of drug-likeness (QED) is 0.590. The van der Waals surface area contributed by atoms with Crippen molar-refractivity contribution in [1.29, 1.82) is 0 Å². The van der Waals surface area contributed by atoms with Gasteiger partial charge in [-0.1, -0.05) is 12.1 Å². The molecule has 1 fully saturated rings. The summed E-state index contributed by atoms with van der Waals surface area (Å²) >= 11 is 0. The zero-order chi connectivity index (χ0) is 23.4. The lowest BCUT2D eigenvalue weighted by Gasteiger charge is -2.37. The third kappa shape index (κ3) is 4.88. The maximum atomic E-state index is 12.6. The van der Waals surface area contributed by atoms with E-state index in [4.69, 9.17) is 15.2 Å². The Morgan fingerprint density at radius 2 is 2.03 bits per heavy atom. The molecule has 6 nitrogen and oxygen atoms in total. The van der Waals surface area contributed by atoms with Crippen LogP contribution in [0.3, 0.4) is 0 Å². The summed E-state index contributed by atoms with van der Waals surface area (Å²) in [5, 5.41) is 9.98. The fourth-order valence-corrected chi connectivity index (χ4v) is 4.37. The molecule has 0 aliphatic carbocycles. The number of alkyl halides is 1. The molecule has 0 radical (unpaired) electrons. The first-order chi connectivity index (χ1) is 16.0. The average Bonchev–Trinajstić information content (AvgIpc) is 2.80. The number of benzene rings is 2. The fraction of sp³-hybridized carbons (Fsp3) is 0.346. The molecule has 0 amide bonds. The molecule has 0 bridgehead atoms. The van der Waals surface area contributed by atoms with E-state index in [1.807, 2.05) is 31.2 Å². The van der Waals surface area contributed by atoms with Crippen LogP contribution in [0.2, 0.25) is 0 Å². The highest BCUT2D eigenvalue weighted by Gasteiger charge is 2.30. The number of allylic oxidation sites excluding steroid dienone is 1. The monoisotopic (exact) mass is 451 g/mol. The normalized spacial score (nSPS) is 19.4. The van der Waals surface area contributed by atoms with Crippen LogP contribution in [0.15, 0.2) is 64.8 Å². The molecule has 1 saturated heterocycles. The topological polar surface area (TPSA) is 80.3 Å². The minimum Gasteiger partial charge on any atom is -0.508 e. The van der Waals surface area contributed by atoms with Gasteiger partial charge >= 0.3 is 0 Å². The average molecular weight is 452 g/mol. The van der Waals surface area contributed by atoms with Crippen molar-refractivity contribution >= 4 is 11.8 Å².